The molecule has 0 unspecified atom stereocenters. The van der Waals surface area contributed by atoms with Gasteiger partial charge in [-0.25, -0.2) is 0 Å². The molecule has 0 saturated heterocycles. The molecule has 0 rings (SSSR count). The normalized spacial score (nSPS) is 9.18. The molecule has 0 atom stereocenters. The lowest BCUT2D eigenvalue weighted by molar-refractivity contribution is 0.650. The monoisotopic (exact) mass is 150 g/mol. The van der Waals surface area contributed by atoms with Crippen LogP contribution in [0.2, 0.25) is 0 Å². The van der Waals surface area contributed by atoms with Gasteiger partial charge in [-0.1, -0.05) is 26.5 Å². The average molecular weight is 150 g/mol. The van der Waals surface area contributed by atoms with Crippen molar-refractivity contribution >= 4 is 0 Å². The van der Waals surface area contributed by atoms with E-state index in [0.29, 0.717) is 5.92 Å². The highest BCUT2D eigenvalue weighted by molar-refractivity contribution is 5.17. The lowest BCUT2D eigenvalue weighted by atomic mass is 10.0. The molecule has 0 heteroatoms. The average Bonchev–Trinajstić information content (AvgIpc) is 1.84. The SMILES string of the molecule is C=CC(=C=C(C)C)CC(C)C. The zero-order chi connectivity index (χ0) is 8.85. The number of hydrogen-bond donors (Lipinski definition) is 0. The van der Waals surface area contributed by atoms with Crippen LogP contribution >= 0.6 is 0 Å². The van der Waals surface area contributed by atoms with Gasteiger partial charge in [0.25, 0.3) is 0 Å². The molecular formula is C11H18. The van der Waals surface area contributed by atoms with Gasteiger partial charge in [-0.05, 0) is 37.3 Å². The van der Waals surface area contributed by atoms with E-state index in [1.165, 1.54) is 11.1 Å². The first-order valence-corrected chi connectivity index (χ1v) is 4.11. The van der Waals surface area contributed by atoms with E-state index in [-0.39, 0.29) is 0 Å². The Kier molecular flexibility index (Phi) is 4.65. The maximum atomic E-state index is 3.75. The van der Waals surface area contributed by atoms with Crippen LogP contribution in [0, 0.1) is 5.92 Å². The Balaban J connectivity index is 4.42. The Morgan fingerprint density at radius 1 is 1.45 bits per heavy atom. The summed E-state index contributed by atoms with van der Waals surface area (Å²) < 4.78 is 0. The lowest BCUT2D eigenvalue weighted by Gasteiger charge is -2.01. The first-order chi connectivity index (χ1) is 5.06. The van der Waals surface area contributed by atoms with E-state index in [2.05, 4.69) is 40.0 Å². The standard InChI is InChI=1S/C11H18/c1-6-11(7-9(2)3)8-10(4)5/h6,9H,1,7H2,2-5H3. The summed E-state index contributed by atoms with van der Waals surface area (Å²) in [6.45, 7) is 12.3. The largest absolute Gasteiger partial charge is 0.119 e. The minimum absolute atomic E-state index is 0.690. The van der Waals surface area contributed by atoms with Gasteiger partial charge in [-0.15, -0.1) is 5.73 Å². The molecule has 0 aromatic heterocycles. The van der Waals surface area contributed by atoms with Crippen molar-refractivity contribution in [3.63, 3.8) is 0 Å². The Bertz CT molecular complexity index is 184. The molecule has 0 aliphatic rings. The Hall–Kier alpha value is -0.740. The van der Waals surface area contributed by atoms with Crippen molar-refractivity contribution in [1.29, 1.82) is 0 Å². The molecule has 0 nitrogen and oxygen atoms in total. The molecular weight excluding hydrogens is 132 g/mol. The summed E-state index contributed by atoms with van der Waals surface area (Å²) in [7, 11) is 0. The van der Waals surface area contributed by atoms with E-state index in [9.17, 15) is 0 Å². The van der Waals surface area contributed by atoms with Crippen LogP contribution in [-0.2, 0) is 0 Å². The number of rotatable bonds is 3. The second-order valence-corrected chi connectivity index (χ2v) is 3.45. The molecule has 0 amide bonds. The van der Waals surface area contributed by atoms with Crippen molar-refractivity contribution in [1.82, 2.24) is 0 Å². The number of allylic oxidation sites excluding steroid dienone is 2. The number of hydrogen-bond acceptors (Lipinski definition) is 0. The molecule has 11 heavy (non-hydrogen) atoms. The highest BCUT2D eigenvalue weighted by atomic mass is 14.0. The summed E-state index contributed by atoms with van der Waals surface area (Å²) in [5, 5.41) is 0. The first kappa shape index (κ1) is 10.3. The van der Waals surface area contributed by atoms with Gasteiger partial charge in [0.15, 0.2) is 0 Å². The molecule has 0 saturated carbocycles. The van der Waals surface area contributed by atoms with Gasteiger partial charge in [0, 0.05) is 0 Å². The van der Waals surface area contributed by atoms with Crippen molar-refractivity contribution in [3.05, 3.63) is 29.5 Å². The van der Waals surface area contributed by atoms with E-state index in [0.717, 1.165) is 6.42 Å². The predicted octanol–water partition coefficient (Wildman–Crippen LogP) is 3.71. The van der Waals surface area contributed by atoms with Crippen LogP contribution in [0.3, 0.4) is 0 Å². The van der Waals surface area contributed by atoms with Crippen LogP contribution in [0.4, 0.5) is 0 Å². The topological polar surface area (TPSA) is 0 Å². The van der Waals surface area contributed by atoms with E-state index in [1.54, 1.807) is 0 Å². The third-order valence-electron chi connectivity index (χ3n) is 1.29. The van der Waals surface area contributed by atoms with E-state index in [4.69, 9.17) is 0 Å². The molecule has 0 fully saturated rings. The molecule has 0 spiro atoms. The quantitative estimate of drug-likeness (QED) is 0.425. The van der Waals surface area contributed by atoms with Crippen molar-refractivity contribution in [2.24, 2.45) is 5.92 Å². The van der Waals surface area contributed by atoms with Crippen LogP contribution in [0.15, 0.2) is 29.5 Å². The van der Waals surface area contributed by atoms with Crippen LogP contribution in [0.1, 0.15) is 34.1 Å². The van der Waals surface area contributed by atoms with Crippen molar-refractivity contribution in [3.8, 4) is 0 Å². The smallest absolute Gasteiger partial charge is 0.00644 e. The molecule has 0 aliphatic carbocycles. The minimum Gasteiger partial charge on any atom is -0.119 e. The van der Waals surface area contributed by atoms with Gasteiger partial charge in [-0.2, -0.15) is 0 Å². The van der Waals surface area contributed by atoms with Crippen LogP contribution < -0.4 is 0 Å². The van der Waals surface area contributed by atoms with Crippen molar-refractivity contribution < 1.29 is 0 Å². The molecule has 0 aromatic carbocycles. The third-order valence-corrected chi connectivity index (χ3v) is 1.29. The van der Waals surface area contributed by atoms with Crippen LogP contribution in [-0.4, -0.2) is 0 Å². The summed E-state index contributed by atoms with van der Waals surface area (Å²) in [4.78, 5) is 0. The van der Waals surface area contributed by atoms with Crippen molar-refractivity contribution in [2.45, 2.75) is 34.1 Å². The van der Waals surface area contributed by atoms with Gasteiger partial charge >= 0.3 is 0 Å². The Morgan fingerprint density at radius 3 is 2.27 bits per heavy atom. The first-order valence-electron chi connectivity index (χ1n) is 4.11. The lowest BCUT2D eigenvalue weighted by Crippen LogP contribution is -1.87. The zero-order valence-corrected chi connectivity index (χ0v) is 8.07. The van der Waals surface area contributed by atoms with Crippen LogP contribution in [0.25, 0.3) is 0 Å². The maximum absolute atomic E-state index is 3.75. The molecule has 0 N–H and O–H groups in total. The van der Waals surface area contributed by atoms with Gasteiger partial charge in [0.05, 0.1) is 0 Å². The predicted molar refractivity (Wildman–Crippen MR) is 51.5 cm³/mol. The van der Waals surface area contributed by atoms with Gasteiger partial charge in [0.2, 0.25) is 0 Å². The minimum atomic E-state index is 0.690. The summed E-state index contributed by atoms with van der Waals surface area (Å²) in [5.74, 6) is 0.690. The van der Waals surface area contributed by atoms with E-state index < -0.39 is 0 Å². The molecule has 0 aromatic rings. The molecule has 0 aliphatic heterocycles. The van der Waals surface area contributed by atoms with Crippen LogP contribution in [0.5, 0.6) is 0 Å². The molecule has 0 radical (unpaired) electrons. The Labute approximate surface area is 70.3 Å². The summed E-state index contributed by atoms with van der Waals surface area (Å²) in [6.07, 6.45) is 2.97. The molecule has 62 valence electrons. The summed E-state index contributed by atoms with van der Waals surface area (Å²) in [6, 6.07) is 0. The highest BCUT2D eigenvalue weighted by Crippen LogP contribution is 2.10. The third kappa shape index (κ3) is 5.69. The fraction of sp³-hybridized carbons (Fsp3) is 0.545. The highest BCUT2D eigenvalue weighted by Gasteiger charge is 1.95. The second-order valence-electron chi connectivity index (χ2n) is 3.45. The second kappa shape index (κ2) is 4.98. The van der Waals surface area contributed by atoms with E-state index >= 15 is 0 Å². The van der Waals surface area contributed by atoms with E-state index in [1.807, 2.05) is 6.08 Å². The van der Waals surface area contributed by atoms with Gasteiger partial charge < -0.3 is 0 Å². The summed E-state index contributed by atoms with van der Waals surface area (Å²) in [5.41, 5.74) is 5.72. The fourth-order valence-electron chi connectivity index (χ4n) is 0.946. The molecule has 0 bridgehead atoms. The zero-order valence-electron chi connectivity index (χ0n) is 8.07. The summed E-state index contributed by atoms with van der Waals surface area (Å²) >= 11 is 0. The van der Waals surface area contributed by atoms with Gasteiger partial charge in [-0.3, -0.25) is 0 Å². The maximum Gasteiger partial charge on any atom is -0.00644 e. The van der Waals surface area contributed by atoms with Crippen molar-refractivity contribution in [2.75, 3.05) is 0 Å². The Morgan fingerprint density at radius 2 is 2.00 bits per heavy atom. The molecule has 0 heterocycles. The van der Waals surface area contributed by atoms with Gasteiger partial charge in [0.1, 0.15) is 0 Å². The fourth-order valence-corrected chi connectivity index (χ4v) is 0.946.